The number of hydrogen-bond acceptors (Lipinski definition) is 4. The molecule has 2 aromatic carbocycles. The molecule has 3 rings (SSSR count). The van der Waals surface area contributed by atoms with Gasteiger partial charge in [-0.2, -0.15) is 0 Å². The van der Waals surface area contributed by atoms with E-state index in [1.807, 2.05) is 60.8 Å². The van der Waals surface area contributed by atoms with Crippen molar-refractivity contribution < 1.29 is 9.47 Å². The number of aromatic nitrogens is 1. The Balaban J connectivity index is 1.59. The predicted octanol–water partition coefficient (Wildman–Crippen LogP) is 4.61. The topological polar surface area (TPSA) is 43.4 Å². The average Bonchev–Trinajstić information content (AvgIpc) is 2.68. The van der Waals surface area contributed by atoms with Gasteiger partial charge in [0.25, 0.3) is 0 Å². The molecule has 0 aliphatic rings. The van der Waals surface area contributed by atoms with Crippen LogP contribution < -0.4 is 14.8 Å². The lowest BCUT2D eigenvalue weighted by molar-refractivity contribution is 0.284. The van der Waals surface area contributed by atoms with Gasteiger partial charge in [-0.05, 0) is 35.4 Å². The second-order valence-electron chi connectivity index (χ2n) is 5.83. The molecule has 1 aromatic heterocycles. The maximum Gasteiger partial charge on any atom is 0.161 e. The smallest absolute Gasteiger partial charge is 0.161 e. The van der Waals surface area contributed by atoms with Crippen molar-refractivity contribution >= 4 is 11.6 Å². The molecule has 0 radical (unpaired) electrons. The van der Waals surface area contributed by atoms with Gasteiger partial charge >= 0.3 is 0 Å². The van der Waals surface area contributed by atoms with Gasteiger partial charge in [0.05, 0.1) is 7.11 Å². The molecule has 0 fully saturated rings. The van der Waals surface area contributed by atoms with Crippen molar-refractivity contribution in [1.82, 2.24) is 10.3 Å². The number of rotatable bonds is 8. The lowest BCUT2D eigenvalue weighted by atomic mass is 10.2. The molecule has 0 spiro atoms. The summed E-state index contributed by atoms with van der Waals surface area (Å²) in [5, 5.41) is 4.10. The SMILES string of the molecule is COc1cc(CNCc2cccnc2)ccc1OCc1ccccc1Cl. The summed E-state index contributed by atoms with van der Waals surface area (Å²) in [5.41, 5.74) is 3.22. The van der Waals surface area contributed by atoms with E-state index in [1.165, 1.54) is 0 Å². The van der Waals surface area contributed by atoms with Crippen LogP contribution in [0.25, 0.3) is 0 Å². The number of hydrogen-bond donors (Lipinski definition) is 1. The van der Waals surface area contributed by atoms with E-state index in [4.69, 9.17) is 21.1 Å². The van der Waals surface area contributed by atoms with Gasteiger partial charge in [0.2, 0.25) is 0 Å². The molecule has 134 valence electrons. The third-order valence-corrected chi connectivity index (χ3v) is 4.32. The fourth-order valence-electron chi connectivity index (χ4n) is 2.57. The molecule has 0 amide bonds. The van der Waals surface area contributed by atoms with E-state index in [0.29, 0.717) is 23.1 Å². The van der Waals surface area contributed by atoms with E-state index in [1.54, 1.807) is 13.3 Å². The Morgan fingerprint density at radius 3 is 2.58 bits per heavy atom. The molecular weight excluding hydrogens is 348 g/mol. The molecule has 1 N–H and O–H groups in total. The molecule has 0 unspecified atom stereocenters. The summed E-state index contributed by atoms with van der Waals surface area (Å²) in [6.45, 7) is 1.89. The second kappa shape index (κ2) is 9.22. The highest BCUT2D eigenvalue weighted by Gasteiger charge is 2.07. The summed E-state index contributed by atoms with van der Waals surface area (Å²) in [7, 11) is 1.64. The van der Waals surface area contributed by atoms with E-state index >= 15 is 0 Å². The van der Waals surface area contributed by atoms with Crippen molar-refractivity contribution in [2.75, 3.05) is 7.11 Å². The number of ether oxygens (including phenoxy) is 2. The van der Waals surface area contributed by atoms with Crippen LogP contribution in [0.3, 0.4) is 0 Å². The second-order valence-corrected chi connectivity index (χ2v) is 6.24. The van der Waals surface area contributed by atoms with Gasteiger partial charge in [-0.15, -0.1) is 0 Å². The summed E-state index contributed by atoms with van der Waals surface area (Å²) in [5.74, 6) is 1.40. The lowest BCUT2D eigenvalue weighted by Gasteiger charge is -2.13. The zero-order chi connectivity index (χ0) is 18.2. The Labute approximate surface area is 158 Å². The molecule has 0 aliphatic carbocycles. The van der Waals surface area contributed by atoms with Crippen LogP contribution in [0.2, 0.25) is 5.02 Å². The largest absolute Gasteiger partial charge is 0.493 e. The van der Waals surface area contributed by atoms with Crippen LogP contribution in [-0.4, -0.2) is 12.1 Å². The van der Waals surface area contributed by atoms with Crippen LogP contribution in [0.5, 0.6) is 11.5 Å². The first kappa shape index (κ1) is 18.2. The Morgan fingerprint density at radius 1 is 0.962 bits per heavy atom. The molecule has 0 saturated heterocycles. The van der Waals surface area contributed by atoms with Gasteiger partial charge in [-0.3, -0.25) is 4.98 Å². The molecule has 0 aliphatic heterocycles. The van der Waals surface area contributed by atoms with Gasteiger partial charge in [0, 0.05) is 36.1 Å². The van der Waals surface area contributed by atoms with E-state index in [9.17, 15) is 0 Å². The highest BCUT2D eigenvalue weighted by atomic mass is 35.5. The average molecular weight is 369 g/mol. The van der Waals surface area contributed by atoms with Crippen LogP contribution in [0.15, 0.2) is 67.0 Å². The van der Waals surface area contributed by atoms with Gasteiger partial charge in [0.1, 0.15) is 6.61 Å². The van der Waals surface area contributed by atoms with Crippen LogP contribution in [0.1, 0.15) is 16.7 Å². The Hall–Kier alpha value is -2.56. The maximum absolute atomic E-state index is 6.17. The van der Waals surface area contributed by atoms with Crippen LogP contribution >= 0.6 is 11.6 Å². The highest BCUT2D eigenvalue weighted by Crippen LogP contribution is 2.29. The van der Waals surface area contributed by atoms with Gasteiger partial charge < -0.3 is 14.8 Å². The summed E-state index contributed by atoms with van der Waals surface area (Å²) < 4.78 is 11.4. The summed E-state index contributed by atoms with van der Waals surface area (Å²) in [4.78, 5) is 4.11. The van der Waals surface area contributed by atoms with E-state index in [-0.39, 0.29) is 0 Å². The standard InChI is InChI=1S/C21H21ClN2O2/c1-25-21-11-16(12-24-14-17-5-4-10-23-13-17)8-9-20(21)26-15-18-6-2-3-7-19(18)22/h2-11,13,24H,12,14-15H2,1H3. The number of nitrogens with one attached hydrogen (secondary N) is 1. The number of halogens is 1. The minimum Gasteiger partial charge on any atom is -0.493 e. The van der Waals surface area contributed by atoms with Gasteiger partial charge in [-0.1, -0.05) is 41.9 Å². The normalized spacial score (nSPS) is 10.5. The Morgan fingerprint density at radius 2 is 1.81 bits per heavy atom. The molecule has 3 aromatic rings. The lowest BCUT2D eigenvalue weighted by Crippen LogP contribution is -2.12. The number of methoxy groups -OCH3 is 1. The fraction of sp³-hybridized carbons (Fsp3) is 0.190. The van der Waals surface area contributed by atoms with Crippen molar-refractivity contribution in [3.8, 4) is 11.5 Å². The Kier molecular flexibility index (Phi) is 6.47. The summed E-state index contributed by atoms with van der Waals surface area (Å²) in [6.07, 6.45) is 3.63. The third-order valence-electron chi connectivity index (χ3n) is 3.95. The molecule has 4 nitrogen and oxygen atoms in total. The molecule has 26 heavy (non-hydrogen) atoms. The number of pyridine rings is 1. The van der Waals surface area contributed by atoms with Gasteiger partial charge in [-0.25, -0.2) is 0 Å². The summed E-state index contributed by atoms with van der Waals surface area (Å²) in [6, 6.07) is 17.6. The minimum absolute atomic E-state index is 0.397. The van der Waals surface area contributed by atoms with Crippen molar-refractivity contribution in [2.45, 2.75) is 19.7 Å². The molecular formula is C21H21ClN2O2. The highest BCUT2D eigenvalue weighted by molar-refractivity contribution is 6.31. The van der Waals surface area contributed by atoms with Crippen LogP contribution in [0.4, 0.5) is 0 Å². The van der Waals surface area contributed by atoms with Gasteiger partial charge in [0.15, 0.2) is 11.5 Å². The van der Waals surface area contributed by atoms with Crippen LogP contribution in [0, 0.1) is 0 Å². The summed E-state index contributed by atoms with van der Waals surface area (Å²) >= 11 is 6.17. The van der Waals surface area contributed by atoms with Crippen molar-refractivity contribution in [2.24, 2.45) is 0 Å². The molecule has 0 bridgehead atoms. The molecule has 5 heteroatoms. The molecule has 0 atom stereocenters. The molecule has 1 heterocycles. The Bertz CT molecular complexity index is 840. The van der Waals surface area contributed by atoms with Crippen LogP contribution in [-0.2, 0) is 19.7 Å². The number of nitrogens with zero attached hydrogens (tertiary/aromatic N) is 1. The zero-order valence-corrected chi connectivity index (χ0v) is 15.4. The van der Waals surface area contributed by atoms with E-state index < -0.39 is 0 Å². The third kappa shape index (κ3) is 4.97. The minimum atomic E-state index is 0.397. The molecule has 0 saturated carbocycles. The maximum atomic E-state index is 6.17. The predicted molar refractivity (Wildman–Crippen MR) is 104 cm³/mol. The van der Waals surface area contributed by atoms with E-state index in [0.717, 1.165) is 29.8 Å². The first-order chi connectivity index (χ1) is 12.8. The monoisotopic (exact) mass is 368 g/mol. The van der Waals surface area contributed by atoms with E-state index in [2.05, 4.69) is 10.3 Å². The fourth-order valence-corrected chi connectivity index (χ4v) is 2.76. The van der Waals surface area contributed by atoms with Crippen molar-refractivity contribution in [1.29, 1.82) is 0 Å². The van der Waals surface area contributed by atoms with Crippen molar-refractivity contribution in [3.63, 3.8) is 0 Å². The zero-order valence-electron chi connectivity index (χ0n) is 14.6. The quantitative estimate of drug-likeness (QED) is 0.630. The first-order valence-corrected chi connectivity index (χ1v) is 8.77. The number of benzene rings is 2. The first-order valence-electron chi connectivity index (χ1n) is 8.39. The van der Waals surface area contributed by atoms with Crippen molar-refractivity contribution in [3.05, 3.63) is 88.7 Å².